The lowest BCUT2D eigenvalue weighted by atomic mass is 10.0. The standard InChI is InChI=1S/C15H16N2O2/c16-15(19)12-5-3-11(4-6-12)13-7-8-14(17-10-13)2-1-9-18/h3-8,10,18H,1-2,9H2,(H2,16,19). The molecule has 1 heterocycles. The van der Waals surface area contributed by atoms with Gasteiger partial charge in [0.15, 0.2) is 0 Å². The average Bonchev–Trinajstić information content (AvgIpc) is 2.46. The normalized spacial score (nSPS) is 10.4. The van der Waals surface area contributed by atoms with Gasteiger partial charge in [-0.2, -0.15) is 0 Å². The van der Waals surface area contributed by atoms with E-state index >= 15 is 0 Å². The summed E-state index contributed by atoms with van der Waals surface area (Å²) in [6.07, 6.45) is 3.29. The van der Waals surface area contributed by atoms with E-state index in [1.54, 1.807) is 18.3 Å². The molecule has 0 saturated heterocycles. The van der Waals surface area contributed by atoms with Crippen molar-refractivity contribution in [3.8, 4) is 11.1 Å². The lowest BCUT2D eigenvalue weighted by molar-refractivity contribution is 0.100. The summed E-state index contributed by atoms with van der Waals surface area (Å²) < 4.78 is 0. The predicted octanol–water partition coefficient (Wildman–Crippen LogP) is 1.77. The van der Waals surface area contributed by atoms with Crippen LogP contribution >= 0.6 is 0 Å². The molecule has 0 fully saturated rings. The Bertz CT molecular complexity index is 547. The van der Waals surface area contributed by atoms with Crippen LogP contribution in [0.3, 0.4) is 0 Å². The van der Waals surface area contributed by atoms with Crippen LogP contribution in [0.5, 0.6) is 0 Å². The summed E-state index contributed by atoms with van der Waals surface area (Å²) in [6, 6.07) is 11.1. The molecule has 0 aliphatic carbocycles. The van der Waals surface area contributed by atoms with E-state index in [0.29, 0.717) is 5.56 Å². The van der Waals surface area contributed by atoms with Crippen molar-refractivity contribution in [2.24, 2.45) is 5.73 Å². The van der Waals surface area contributed by atoms with Crippen molar-refractivity contribution in [1.29, 1.82) is 0 Å². The van der Waals surface area contributed by atoms with Crippen LogP contribution in [0, 0.1) is 0 Å². The molecule has 0 radical (unpaired) electrons. The highest BCUT2D eigenvalue weighted by atomic mass is 16.2. The first-order valence-electron chi connectivity index (χ1n) is 6.17. The highest BCUT2D eigenvalue weighted by Gasteiger charge is 2.02. The molecule has 1 aromatic carbocycles. The van der Waals surface area contributed by atoms with E-state index in [1.807, 2.05) is 24.3 Å². The van der Waals surface area contributed by atoms with E-state index in [1.165, 1.54) is 0 Å². The van der Waals surface area contributed by atoms with Crippen LogP contribution in [0.2, 0.25) is 0 Å². The Morgan fingerprint density at radius 1 is 1.11 bits per heavy atom. The molecule has 4 heteroatoms. The molecule has 4 nitrogen and oxygen atoms in total. The first-order chi connectivity index (χ1) is 9.20. The number of benzene rings is 1. The topological polar surface area (TPSA) is 76.2 Å². The molecular weight excluding hydrogens is 240 g/mol. The SMILES string of the molecule is NC(=O)c1ccc(-c2ccc(CCCO)nc2)cc1. The summed E-state index contributed by atoms with van der Waals surface area (Å²) in [5, 5.41) is 8.77. The molecule has 0 unspecified atom stereocenters. The molecule has 2 rings (SSSR count). The lowest BCUT2D eigenvalue weighted by Crippen LogP contribution is -2.10. The fraction of sp³-hybridized carbons (Fsp3) is 0.200. The van der Waals surface area contributed by atoms with E-state index in [2.05, 4.69) is 4.98 Å². The Labute approximate surface area is 111 Å². The molecule has 0 aliphatic heterocycles. The number of rotatable bonds is 5. The van der Waals surface area contributed by atoms with Gasteiger partial charge in [0, 0.05) is 29.6 Å². The van der Waals surface area contributed by atoms with Crippen LogP contribution in [0.1, 0.15) is 22.5 Å². The number of aromatic nitrogens is 1. The first-order valence-corrected chi connectivity index (χ1v) is 6.17. The zero-order valence-electron chi connectivity index (χ0n) is 10.5. The maximum atomic E-state index is 11.0. The van der Waals surface area contributed by atoms with Crippen LogP contribution in [0.25, 0.3) is 11.1 Å². The van der Waals surface area contributed by atoms with E-state index in [-0.39, 0.29) is 6.61 Å². The summed E-state index contributed by atoms with van der Waals surface area (Å²) in [5.41, 5.74) is 8.64. The third-order valence-corrected chi connectivity index (χ3v) is 2.92. The van der Waals surface area contributed by atoms with Crippen molar-refractivity contribution in [3.05, 3.63) is 53.9 Å². The molecule has 19 heavy (non-hydrogen) atoms. The van der Waals surface area contributed by atoms with Gasteiger partial charge in [0.2, 0.25) is 5.91 Å². The van der Waals surface area contributed by atoms with Crippen LogP contribution in [0.15, 0.2) is 42.6 Å². The summed E-state index contributed by atoms with van der Waals surface area (Å²) in [7, 11) is 0. The van der Waals surface area contributed by atoms with Crippen molar-refractivity contribution < 1.29 is 9.90 Å². The minimum absolute atomic E-state index is 0.179. The molecule has 0 spiro atoms. The Morgan fingerprint density at radius 2 is 1.79 bits per heavy atom. The summed E-state index contributed by atoms with van der Waals surface area (Å²) in [5.74, 6) is -0.427. The number of aryl methyl sites for hydroxylation is 1. The van der Waals surface area contributed by atoms with Crippen molar-refractivity contribution in [1.82, 2.24) is 4.98 Å². The molecular formula is C15H16N2O2. The monoisotopic (exact) mass is 256 g/mol. The number of carbonyl (C=O) groups excluding carboxylic acids is 1. The molecule has 0 saturated carbocycles. The molecule has 98 valence electrons. The van der Waals surface area contributed by atoms with Crippen molar-refractivity contribution >= 4 is 5.91 Å². The number of amides is 1. The predicted molar refractivity (Wildman–Crippen MR) is 73.6 cm³/mol. The number of nitrogens with two attached hydrogens (primary N) is 1. The Hall–Kier alpha value is -2.20. The molecule has 0 bridgehead atoms. The lowest BCUT2D eigenvalue weighted by Gasteiger charge is -2.04. The summed E-state index contributed by atoms with van der Waals surface area (Å²) in [6.45, 7) is 0.179. The zero-order chi connectivity index (χ0) is 13.7. The van der Waals surface area contributed by atoms with Gasteiger partial charge in [0.05, 0.1) is 0 Å². The van der Waals surface area contributed by atoms with Crippen LogP contribution in [-0.4, -0.2) is 22.6 Å². The molecule has 3 N–H and O–H groups in total. The van der Waals surface area contributed by atoms with Gasteiger partial charge < -0.3 is 10.8 Å². The highest BCUT2D eigenvalue weighted by molar-refractivity contribution is 5.93. The second-order valence-corrected chi connectivity index (χ2v) is 4.31. The maximum absolute atomic E-state index is 11.0. The average molecular weight is 256 g/mol. The number of aliphatic hydroxyl groups is 1. The van der Waals surface area contributed by atoms with Crippen molar-refractivity contribution in [2.75, 3.05) is 6.61 Å². The summed E-state index contributed by atoms with van der Waals surface area (Å²) >= 11 is 0. The van der Waals surface area contributed by atoms with Crippen LogP contribution in [0.4, 0.5) is 0 Å². The third kappa shape index (κ3) is 3.39. The third-order valence-electron chi connectivity index (χ3n) is 2.92. The second kappa shape index (κ2) is 6.11. The number of nitrogens with zero attached hydrogens (tertiary/aromatic N) is 1. The Kier molecular flexibility index (Phi) is 4.26. The Morgan fingerprint density at radius 3 is 2.32 bits per heavy atom. The molecule has 2 aromatic rings. The largest absolute Gasteiger partial charge is 0.396 e. The minimum Gasteiger partial charge on any atom is -0.396 e. The molecule has 1 aromatic heterocycles. The molecule has 1 amide bonds. The smallest absolute Gasteiger partial charge is 0.248 e. The van der Waals surface area contributed by atoms with Crippen LogP contribution < -0.4 is 5.73 Å². The van der Waals surface area contributed by atoms with Gasteiger partial charge in [-0.1, -0.05) is 18.2 Å². The van der Waals surface area contributed by atoms with E-state index in [9.17, 15) is 4.79 Å². The van der Waals surface area contributed by atoms with Crippen LogP contribution in [-0.2, 0) is 6.42 Å². The van der Waals surface area contributed by atoms with Crippen molar-refractivity contribution in [3.63, 3.8) is 0 Å². The highest BCUT2D eigenvalue weighted by Crippen LogP contribution is 2.19. The fourth-order valence-electron chi connectivity index (χ4n) is 1.83. The fourth-order valence-corrected chi connectivity index (χ4v) is 1.83. The first kappa shape index (κ1) is 13.2. The van der Waals surface area contributed by atoms with E-state index < -0.39 is 5.91 Å². The molecule has 0 atom stereocenters. The quantitative estimate of drug-likeness (QED) is 0.856. The van der Waals surface area contributed by atoms with Gasteiger partial charge in [-0.3, -0.25) is 9.78 Å². The van der Waals surface area contributed by atoms with E-state index in [4.69, 9.17) is 10.8 Å². The van der Waals surface area contributed by atoms with Crippen molar-refractivity contribution in [2.45, 2.75) is 12.8 Å². The molecule has 0 aliphatic rings. The van der Waals surface area contributed by atoms with Gasteiger partial charge >= 0.3 is 0 Å². The van der Waals surface area contributed by atoms with Gasteiger partial charge in [-0.15, -0.1) is 0 Å². The van der Waals surface area contributed by atoms with Gasteiger partial charge in [0.1, 0.15) is 0 Å². The number of primary amides is 1. The summed E-state index contributed by atoms with van der Waals surface area (Å²) in [4.78, 5) is 15.3. The minimum atomic E-state index is -0.427. The van der Waals surface area contributed by atoms with Gasteiger partial charge in [-0.05, 0) is 36.6 Å². The van der Waals surface area contributed by atoms with Gasteiger partial charge in [-0.25, -0.2) is 0 Å². The zero-order valence-corrected chi connectivity index (χ0v) is 10.5. The number of aliphatic hydroxyl groups excluding tert-OH is 1. The second-order valence-electron chi connectivity index (χ2n) is 4.31. The Balaban J connectivity index is 2.15. The number of hydrogen-bond donors (Lipinski definition) is 2. The maximum Gasteiger partial charge on any atom is 0.248 e. The number of hydrogen-bond acceptors (Lipinski definition) is 3. The number of pyridine rings is 1. The van der Waals surface area contributed by atoms with Gasteiger partial charge in [0.25, 0.3) is 0 Å². The number of carbonyl (C=O) groups is 1. The van der Waals surface area contributed by atoms with E-state index in [0.717, 1.165) is 29.7 Å².